The molecule has 0 radical (unpaired) electrons. The standard InChI is InChI=1S/C13H19FN2O/c1-9(10-7-5-6-8-11(10)14)15-12(17)16-13(2,3)4/h5-9H,1-4H3,(H2,15,16,17). The fourth-order valence-electron chi connectivity index (χ4n) is 1.48. The SMILES string of the molecule is CC(NC(=O)NC(C)(C)C)c1ccccc1F. The van der Waals surface area contributed by atoms with Crippen molar-refractivity contribution < 1.29 is 9.18 Å². The van der Waals surface area contributed by atoms with E-state index in [0.29, 0.717) is 5.56 Å². The molecule has 1 unspecified atom stereocenters. The van der Waals surface area contributed by atoms with Crippen LogP contribution in [0.5, 0.6) is 0 Å². The van der Waals surface area contributed by atoms with Crippen LogP contribution in [0.4, 0.5) is 9.18 Å². The molecule has 1 atom stereocenters. The molecule has 0 fully saturated rings. The van der Waals surface area contributed by atoms with Crippen molar-refractivity contribution in [2.24, 2.45) is 0 Å². The summed E-state index contributed by atoms with van der Waals surface area (Å²) in [6, 6.07) is 5.76. The van der Waals surface area contributed by atoms with Crippen molar-refractivity contribution in [3.63, 3.8) is 0 Å². The van der Waals surface area contributed by atoms with Gasteiger partial charge in [0.2, 0.25) is 0 Å². The average molecular weight is 238 g/mol. The predicted molar refractivity (Wildman–Crippen MR) is 66.2 cm³/mol. The van der Waals surface area contributed by atoms with E-state index in [0.717, 1.165) is 0 Å². The summed E-state index contributed by atoms with van der Waals surface area (Å²) in [4.78, 5) is 11.6. The predicted octanol–water partition coefficient (Wildman–Crippen LogP) is 2.98. The molecule has 1 aromatic carbocycles. The summed E-state index contributed by atoms with van der Waals surface area (Å²) in [6.07, 6.45) is 0. The van der Waals surface area contributed by atoms with E-state index in [4.69, 9.17) is 0 Å². The summed E-state index contributed by atoms with van der Waals surface area (Å²) < 4.78 is 13.5. The summed E-state index contributed by atoms with van der Waals surface area (Å²) in [5, 5.41) is 5.47. The van der Waals surface area contributed by atoms with Crippen LogP contribution in [0, 0.1) is 5.82 Å². The number of rotatable bonds is 2. The fraction of sp³-hybridized carbons (Fsp3) is 0.462. The van der Waals surface area contributed by atoms with Gasteiger partial charge in [-0.2, -0.15) is 0 Å². The van der Waals surface area contributed by atoms with Gasteiger partial charge in [0.15, 0.2) is 0 Å². The topological polar surface area (TPSA) is 41.1 Å². The molecule has 2 N–H and O–H groups in total. The molecule has 2 amide bonds. The Labute approximate surface area is 101 Å². The van der Waals surface area contributed by atoms with Gasteiger partial charge in [0.1, 0.15) is 5.82 Å². The highest BCUT2D eigenvalue weighted by atomic mass is 19.1. The third kappa shape index (κ3) is 4.43. The summed E-state index contributed by atoms with van der Waals surface area (Å²) in [5.74, 6) is -0.309. The highest BCUT2D eigenvalue weighted by Gasteiger charge is 2.17. The largest absolute Gasteiger partial charge is 0.334 e. The minimum Gasteiger partial charge on any atom is -0.334 e. The number of urea groups is 1. The molecule has 0 saturated heterocycles. The minimum atomic E-state index is -0.362. The molecule has 94 valence electrons. The molecule has 17 heavy (non-hydrogen) atoms. The van der Waals surface area contributed by atoms with Crippen LogP contribution in [0.1, 0.15) is 39.3 Å². The lowest BCUT2D eigenvalue weighted by atomic mass is 10.1. The Hall–Kier alpha value is -1.58. The number of halogens is 1. The highest BCUT2D eigenvalue weighted by Crippen LogP contribution is 2.15. The third-order valence-corrected chi connectivity index (χ3v) is 2.21. The van der Waals surface area contributed by atoms with Crippen molar-refractivity contribution in [2.45, 2.75) is 39.3 Å². The highest BCUT2D eigenvalue weighted by molar-refractivity contribution is 5.75. The maximum Gasteiger partial charge on any atom is 0.315 e. The molecule has 4 heteroatoms. The molecule has 1 rings (SSSR count). The Balaban J connectivity index is 2.64. The molecular weight excluding hydrogens is 219 g/mol. The summed E-state index contributed by atoms with van der Waals surface area (Å²) in [5.41, 5.74) is 0.176. The van der Waals surface area contributed by atoms with Crippen LogP contribution in [0.25, 0.3) is 0 Å². The van der Waals surface area contributed by atoms with Crippen molar-refractivity contribution in [3.05, 3.63) is 35.6 Å². The second-order valence-corrected chi connectivity index (χ2v) is 5.09. The van der Waals surface area contributed by atoms with Crippen LogP contribution in [0.2, 0.25) is 0 Å². The Morgan fingerprint density at radius 3 is 2.41 bits per heavy atom. The number of benzene rings is 1. The Morgan fingerprint density at radius 2 is 1.88 bits per heavy atom. The zero-order valence-corrected chi connectivity index (χ0v) is 10.7. The molecule has 3 nitrogen and oxygen atoms in total. The van der Waals surface area contributed by atoms with E-state index in [1.165, 1.54) is 6.07 Å². The van der Waals surface area contributed by atoms with Gasteiger partial charge in [-0.1, -0.05) is 18.2 Å². The van der Waals surface area contributed by atoms with E-state index in [2.05, 4.69) is 10.6 Å². The van der Waals surface area contributed by atoms with Crippen molar-refractivity contribution in [3.8, 4) is 0 Å². The van der Waals surface area contributed by atoms with Gasteiger partial charge in [-0.3, -0.25) is 0 Å². The van der Waals surface area contributed by atoms with E-state index in [-0.39, 0.29) is 23.4 Å². The van der Waals surface area contributed by atoms with Gasteiger partial charge in [0.25, 0.3) is 0 Å². The van der Waals surface area contributed by atoms with Crippen LogP contribution < -0.4 is 10.6 Å². The average Bonchev–Trinajstić information content (AvgIpc) is 2.14. The molecule has 0 spiro atoms. The molecule has 0 bridgehead atoms. The summed E-state index contributed by atoms with van der Waals surface area (Å²) in [6.45, 7) is 7.42. The van der Waals surface area contributed by atoms with Crippen LogP contribution in [0.15, 0.2) is 24.3 Å². The summed E-state index contributed by atoms with van der Waals surface area (Å²) in [7, 11) is 0. The number of hydrogen-bond acceptors (Lipinski definition) is 1. The lowest BCUT2D eigenvalue weighted by Gasteiger charge is -2.23. The first kappa shape index (κ1) is 13.5. The van der Waals surface area contributed by atoms with Crippen molar-refractivity contribution in [1.82, 2.24) is 10.6 Å². The summed E-state index contributed by atoms with van der Waals surface area (Å²) >= 11 is 0. The normalized spacial score (nSPS) is 13.0. The van der Waals surface area contributed by atoms with Gasteiger partial charge in [-0.05, 0) is 33.8 Å². The molecular formula is C13H19FN2O. The first-order valence-electron chi connectivity index (χ1n) is 5.63. The van der Waals surface area contributed by atoms with Crippen LogP contribution in [-0.4, -0.2) is 11.6 Å². The van der Waals surface area contributed by atoms with Gasteiger partial charge in [0, 0.05) is 11.1 Å². The zero-order chi connectivity index (χ0) is 13.1. The fourth-order valence-corrected chi connectivity index (χ4v) is 1.48. The third-order valence-electron chi connectivity index (χ3n) is 2.21. The zero-order valence-electron chi connectivity index (χ0n) is 10.7. The molecule has 0 aliphatic heterocycles. The Kier molecular flexibility index (Phi) is 4.10. The molecule has 1 aromatic rings. The first-order chi connectivity index (χ1) is 7.79. The first-order valence-corrected chi connectivity index (χ1v) is 5.63. The quantitative estimate of drug-likeness (QED) is 0.817. The molecule has 0 aromatic heterocycles. The number of carbonyl (C=O) groups excluding carboxylic acids is 1. The van der Waals surface area contributed by atoms with Gasteiger partial charge >= 0.3 is 6.03 Å². The lowest BCUT2D eigenvalue weighted by molar-refractivity contribution is 0.229. The van der Waals surface area contributed by atoms with Gasteiger partial charge in [-0.25, -0.2) is 9.18 Å². The smallest absolute Gasteiger partial charge is 0.315 e. The lowest BCUT2D eigenvalue weighted by Crippen LogP contribution is -2.47. The minimum absolute atomic E-state index is 0.298. The maximum absolute atomic E-state index is 13.5. The number of hydrogen-bond donors (Lipinski definition) is 2. The van der Waals surface area contributed by atoms with E-state index in [1.807, 2.05) is 20.8 Å². The van der Waals surface area contributed by atoms with Gasteiger partial charge in [0.05, 0.1) is 6.04 Å². The van der Waals surface area contributed by atoms with Crippen LogP contribution in [-0.2, 0) is 0 Å². The van der Waals surface area contributed by atoms with Crippen LogP contribution >= 0.6 is 0 Å². The van der Waals surface area contributed by atoms with Gasteiger partial charge in [-0.15, -0.1) is 0 Å². The number of carbonyl (C=O) groups is 1. The Morgan fingerprint density at radius 1 is 1.29 bits per heavy atom. The molecule has 0 saturated carbocycles. The van der Waals surface area contributed by atoms with E-state index >= 15 is 0 Å². The van der Waals surface area contributed by atoms with E-state index in [1.54, 1.807) is 25.1 Å². The second-order valence-electron chi connectivity index (χ2n) is 5.09. The second kappa shape index (κ2) is 5.17. The molecule has 0 aliphatic rings. The van der Waals surface area contributed by atoms with Crippen LogP contribution in [0.3, 0.4) is 0 Å². The van der Waals surface area contributed by atoms with Gasteiger partial charge < -0.3 is 10.6 Å². The molecule has 0 heterocycles. The van der Waals surface area contributed by atoms with Crippen molar-refractivity contribution in [2.75, 3.05) is 0 Å². The molecule has 0 aliphatic carbocycles. The van der Waals surface area contributed by atoms with E-state index < -0.39 is 0 Å². The Bertz CT molecular complexity index is 399. The maximum atomic E-state index is 13.5. The monoisotopic (exact) mass is 238 g/mol. The number of amides is 2. The van der Waals surface area contributed by atoms with E-state index in [9.17, 15) is 9.18 Å². The van der Waals surface area contributed by atoms with Crippen molar-refractivity contribution >= 4 is 6.03 Å². The van der Waals surface area contributed by atoms with Crippen molar-refractivity contribution in [1.29, 1.82) is 0 Å². The number of nitrogens with one attached hydrogen (secondary N) is 2.